The van der Waals surface area contributed by atoms with Crippen LogP contribution in [-0.2, 0) is 17.8 Å². The monoisotopic (exact) mass is 508 g/mol. The number of hydrogen-bond donors (Lipinski definition) is 1. The zero-order chi connectivity index (χ0) is 26.7. The summed E-state index contributed by atoms with van der Waals surface area (Å²) in [5, 5.41) is 20.6. The third-order valence-electron chi connectivity index (χ3n) is 6.68. The Morgan fingerprint density at radius 2 is 1.95 bits per heavy atom. The molecule has 2 aromatic rings. The molecule has 1 saturated heterocycles. The standard InChI is InChI=1S/C27H33FN6O3/c1-18(16-31(3)4)37-26-21(15-29)25(32-11-13-33(14-12-32)27(36)19(2)28)20-9-10-34(17-22(20)30-26)23-7-5-6-8-24(23)35/h5-8,18,35H,2,9-14,16-17H2,1,3-4H3. The first-order chi connectivity index (χ1) is 17.7. The molecular weight excluding hydrogens is 475 g/mol. The number of rotatable bonds is 7. The van der Waals surface area contributed by atoms with E-state index in [4.69, 9.17) is 9.72 Å². The van der Waals surface area contributed by atoms with Crippen molar-refractivity contribution in [3.05, 3.63) is 53.5 Å². The molecule has 10 heteroatoms. The normalized spacial score (nSPS) is 16.3. The summed E-state index contributed by atoms with van der Waals surface area (Å²) in [5.41, 5.74) is 3.61. The molecule has 3 heterocycles. The van der Waals surface area contributed by atoms with Gasteiger partial charge in [0.05, 0.1) is 23.6 Å². The van der Waals surface area contributed by atoms with Crippen LogP contribution < -0.4 is 14.5 Å². The summed E-state index contributed by atoms with van der Waals surface area (Å²) >= 11 is 0. The van der Waals surface area contributed by atoms with E-state index in [0.29, 0.717) is 57.8 Å². The van der Waals surface area contributed by atoms with E-state index in [0.717, 1.165) is 22.6 Å². The minimum Gasteiger partial charge on any atom is -0.506 e. The second-order valence-electron chi connectivity index (χ2n) is 9.71. The van der Waals surface area contributed by atoms with E-state index in [1.165, 1.54) is 4.90 Å². The van der Waals surface area contributed by atoms with Gasteiger partial charge < -0.3 is 29.4 Å². The van der Waals surface area contributed by atoms with E-state index in [-0.39, 0.29) is 17.7 Å². The molecule has 4 rings (SSSR count). The highest BCUT2D eigenvalue weighted by molar-refractivity contribution is 5.90. The maximum Gasteiger partial charge on any atom is 0.282 e. The van der Waals surface area contributed by atoms with E-state index in [1.54, 1.807) is 12.1 Å². The second-order valence-corrected chi connectivity index (χ2v) is 9.71. The van der Waals surface area contributed by atoms with Crippen LogP contribution in [0.15, 0.2) is 36.7 Å². The first kappa shape index (κ1) is 26.2. The fourth-order valence-electron chi connectivity index (χ4n) is 5.05. The molecule has 2 aliphatic heterocycles. The summed E-state index contributed by atoms with van der Waals surface area (Å²) < 4.78 is 19.6. The minimum absolute atomic E-state index is 0.200. The van der Waals surface area contributed by atoms with Gasteiger partial charge in [-0.1, -0.05) is 18.7 Å². The summed E-state index contributed by atoms with van der Waals surface area (Å²) in [6, 6.07) is 9.52. The smallest absolute Gasteiger partial charge is 0.282 e. The Labute approximate surface area is 217 Å². The maximum atomic E-state index is 13.4. The van der Waals surface area contributed by atoms with Gasteiger partial charge in [-0.05, 0) is 39.6 Å². The summed E-state index contributed by atoms with van der Waals surface area (Å²) in [5.74, 6) is -1.19. The van der Waals surface area contributed by atoms with Crippen molar-refractivity contribution in [3.8, 4) is 17.7 Å². The van der Waals surface area contributed by atoms with Crippen LogP contribution in [0.1, 0.15) is 23.7 Å². The Balaban J connectivity index is 1.72. The first-order valence-electron chi connectivity index (χ1n) is 12.4. The highest BCUT2D eigenvalue weighted by Gasteiger charge is 2.32. The molecule has 1 aromatic carbocycles. The zero-order valence-corrected chi connectivity index (χ0v) is 21.6. The predicted molar refractivity (Wildman–Crippen MR) is 139 cm³/mol. The number of phenols is 1. The average Bonchev–Trinajstić information content (AvgIpc) is 2.87. The lowest BCUT2D eigenvalue weighted by atomic mass is 9.97. The molecule has 1 amide bonds. The highest BCUT2D eigenvalue weighted by Crippen LogP contribution is 2.39. The van der Waals surface area contributed by atoms with Crippen molar-refractivity contribution in [2.45, 2.75) is 26.0 Å². The molecule has 2 aliphatic rings. The number of piperazine rings is 1. The Bertz CT molecular complexity index is 1220. The molecule has 0 saturated carbocycles. The van der Waals surface area contributed by atoms with Gasteiger partial charge in [-0.3, -0.25) is 4.79 Å². The van der Waals surface area contributed by atoms with Crippen molar-refractivity contribution < 1.29 is 19.0 Å². The topological polar surface area (TPSA) is 96.2 Å². The number of likely N-dealkylation sites (N-methyl/N-ethyl adjacent to an activating group) is 1. The molecule has 1 aromatic heterocycles. The molecule has 0 radical (unpaired) electrons. The van der Waals surface area contributed by atoms with Gasteiger partial charge in [-0.25, -0.2) is 9.37 Å². The quantitative estimate of drug-likeness (QED) is 0.571. The number of carbonyl (C=O) groups excluding carboxylic acids is 1. The van der Waals surface area contributed by atoms with Gasteiger partial charge in [0.25, 0.3) is 5.91 Å². The lowest BCUT2D eigenvalue weighted by Gasteiger charge is -2.39. The third-order valence-corrected chi connectivity index (χ3v) is 6.68. The van der Waals surface area contributed by atoms with Crippen LogP contribution in [-0.4, -0.2) is 85.3 Å². The number of aromatic nitrogens is 1. The largest absolute Gasteiger partial charge is 0.506 e. The Morgan fingerprint density at radius 1 is 1.24 bits per heavy atom. The fraction of sp³-hybridized carbons (Fsp3) is 0.444. The maximum absolute atomic E-state index is 13.4. The van der Waals surface area contributed by atoms with Crippen molar-refractivity contribution in [2.75, 3.05) is 63.2 Å². The molecule has 1 N–H and O–H groups in total. The first-order valence-corrected chi connectivity index (χ1v) is 12.4. The van der Waals surface area contributed by atoms with Crippen LogP contribution in [0.3, 0.4) is 0 Å². The van der Waals surface area contributed by atoms with E-state index < -0.39 is 11.7 Å². The van der Waals surface area contributed by atoms with Crippen LogP contribution in [0.2, 0.25) is 0 Å². The van der Waals surface area contributed by atoms with Gasteiger partial charge >= 0.3 is 0 Å². The van der Waals surface area contributed by atoms with Gasteiger partial charge in [-0.2, -0.15) is 5.26 Å². The number of fused-ring (bicyclic) bond motifs is 1. The number of anilines is 2. The number of para-hydroxylation sites is 2. The molecular formula is C27H33FN6O3. The lowest BCUT2D eigenvalue weighted by molar-refractivity contribution is -0.128. The Hall–Kier alpha value is -3.84. The van der Waals surface area contributed by atoms with E-state index >= 15 is 0 Å². The number of hydrogen-bond acceptors (Lipinski definition) is 8. The van der Waals surface area contributed by atoms with Crippen molar-refractivity contribution in [3.63, 3.8) is 0 Å². The molecule has 1 unspecified atom stereocenters. The highest BCUT2D eigenvalue weighted by atomic mass is 19.1. The Kier molecular flexibility index (Phi) is 7.83. The fourth-order valence-corrected chi connectivity index (χ4v) is 5.05. The van der Waals surface area contributed by atoms with Gasteiger partial charge in [-0.15, -0.1) is 0 Å². The number of carbonyl (C=O) groups is 1. The number of aromatic hydroxyl groups is 1. The predicted octanol–water partition coefficient (Wildman–Crippen LogP) is 2.68. The number of ether oxygens (including phenoxy) is 1. The number of halogens is 1. The summed E-state index contributed by atoms with van der Waals surface area (Å²) in [6.45, 7) is 8.33. The molecule has 9 nitrogen and oxygen atoms in total. The van der Waals surface area contributed by atoms with E-state index in [2.05, 4.69) is 22.4 Å². The van der Waals surface area contributed by atoms with Crippen molar-refractivity contribution >= 4 is 17.3 Å². The number of pyridine rings is 1. The number of benzene rings is 1. The summed E-state index contributed by atoms with van der Waals surface area (Å²) in [7, 11) is 3.90. The molecule has 0 bridgehead atoms. The SMILES string of the molecule is C=C(F)C(=O)N1CCN(c2c(C#N)c(OC(C)CN(C)C)nc3c2CCN(c2ccccc2O)C3)CC1. The van der Waals surface area contributed by atoms with E-state index in [1.807, 2.05) is 38.1 Å². The number of phenolic OH excluding ortho intramolecular Hbond substituents is 1. The lowest BCUT2D eigenvalue weighted by Crippen LogP contribution is -2.49. The van der Waals surface area contributed by atoms with Crippen LogP contribution in [0.5, 0.6) is 11.6 Å². The van der Waals surface area contributed by atoms with Gasteiger partial charge in [0.2, 0.25) is 5.88 Å². The van der Waals surface area contributed by atoms with Gasteiger partial charge in [0.15, 0.2) is 5.83 Å². The summed E-state index contributed by atoms with van der Waals surface area (Å²) in [6.07, 6.45) is 0.414. The van der Waals surface area contributed by atoms with Gasteiger partial charge in [0, 0.05) is 44.8 Å². The average molecular weight is 509 g/mol. The third kappa shape index (κ3) is 5.62. The Morgan fingerprint density at radius 3 is 2.57 bits per heavy atom. The molecule has 0 aliphatic carbocycles. The minimum atomic E-state index is -0.970. The van der Waals surface area contributed by atoms with Crippen LogP contribution in [0.4, 0.5) is 15.8 Å². The summed E-state index contributed by atoms with van der Waals surface area (Å²) in [4.78, 5) is 24.5. The number of amides is 1. The molecule has 196 valence electrons. The molecule has 0 spiro atoms. The molecule has 1 atom stereocenters. The van der Waals surface area contributed by atoms with Gasteiger partial charge in [0.1, 0.15) is 23.5 Å². The zero-order valence-electron chi connectivity index (χ0n) is 21.6. The molecule has 1 fully saturated rings. The number of nitriles is 1. The van der Waals surface area contributed by atoms with Crippen LogP contribution >= 0.6 is 0 Å². The van der Waals surface area contributed by atoms with Crippen LogP contribution in [0.25, 0.3) is 0 Å². The number of nitrogens with zero attached hydrogens (tertiary/aromatic N) is 6. The van der Waals surface area contributed by atoms with Crippen LogP contribution in [0, 0.1) is 11.3 Å². The molecule has 37 heavy (non-hydrogen) atoms. The second kappa shape index (κ2) is 11.0. The van der Waals surface area contributed by atoms with Crippen molar-refractivity contribution in [2.24, 2.45) is 0 Å². The van der Waals surface area contributed by atoms with Crippen molar-refractivity contribution in [1.29, 1.82) is 5.26 Å². The van der Waals surface area contributed by atoms with Crippen molar-refractivity contribution in [1.82, 2.24) is 14.8 Å². The van der Waals surface area contributed by atoms with E-state index in [9.17, 15) is 19.6 Å².